The van der Waals surface area contributed by atoms with Crippen LogP contribution in [0.2, 0.25) is 0 Å². The van der Waals surface area contributed by atoms with Crippen molar-refractivity contribution in [2.75, 3.05) is 11.9 Å². The monoisotopic (exact) mass is 487 g/mol. The minimum absolute atomic E-state index is 1.15. The van der Waals surface area contributed by atoms with E-state index in [0.29, 0.717) is 0 Å². The summed E-state index contributed by atoms with van der Waals surface area (Å²) < 4.78 is 0. The second-order valence-electron chi connectivity index (χ2n) is 9.45. The van der Waals surface area contributed by atoms with E-state index in [4.69, 9.17) is 0 Å². The van der Waals surface area contributed by atoms with Crippen LogP contribution in [0.5, 0.6) is 0 Å². The first kappa shape index (κ1) is 23.5. The molecule has 6 rings (SSSR count). The quantitative estimate of drug-likeness (QED) is 0.226. The summed E-state index contributed by atoms with van der Waals surface area (Å²) in [7, 11) is 2.15. The third kappa shape index (κ3) is 4.63. The Morgan fingerprint density at radius 3 is 1.21 bits per heavy atom. The van der Waals surface area contributed by atoms with Crippen molar-refractivity contribution in [1.82, 2.24) is 0 Å². The van der Waals surface area contributed by atoms with Crippen LogP contribution in [0.15, 0.2) is 158 Å². The van der Waals surface area contributed by atoms with E-state index < -0.39 is 0 Å². The largest absolute Gasteiger partial charge is 0.344 e. The van der Waals surface area contributed by atoms with Crippen molar-refractivity contribution >= 4 is 11.4 Å². The molecule has 0 aliphatic carbocycles. The Labute approximate surface area is 225 Å². The van der Waals surface area contributed by atoms with E-state index in [1.54, 1.807) is 0 Å². The highest BCUT2D eigenvalue weighted by Crippen LogP contribution is 2.40. The molecule has 6 aromatic carbocycles. The van der Waals surface area contributed by atoms with Gasteiger partial charge >= 0.3 is 0 Å². The maximum Gasteiger partial charge on any atom is 0.0487 e. The molecule has 38 heavy (non-hydrogen) atoms. The van der Waals surface area contributed by atoms with Crippen LogP contribution in [0.1, 0.15) is 0 Å². The predicted octanol–water partition coefficient (Wildman–Crippen LogP) is 10.1. The Hall–Kier alpha value is -4.88. The van der Waals surface area contributed by atoms with E-state index in [9.17, 15) is 0 Å². The zero-order chi connectivity index (χ0) is 25.7. The first-order valence-corrected chi connectivity index (χ1v) is 13.0. The van der Waals surface area contributed by atoms with Crippen LogP contribution in [-0.4, -0.2) is 7.05 Å². The highest BCUT2D eigenvalue weighted by Gasteiger charge is 2.15. The first-order chi connectivity index (χ1) is 18.8. The molecule has 0 aliphatic heterocycles. The summed E-state index contributed by atoms with van der Waals surface area (Å²) >= 11 is 0. The Kier molecular flexibility index (Phi) is 6.57. The van der Waals surface area contributed by atoms with Gasteiger partial charge in [-0.2, -0.15) is 0 Å². The molecule has 0 saturated carbocycles. The summed E-state index contributed by atoms with van der Waals surface area (Å²) in [5.41, 5.74) is 12.2. The summed E-state index contributed by atoms with van der Waals surface area (Å²) in [6.45, 7) is 0. The van der Waals surface area contributed by atoms with Gasteiger partial charge in [0.1, 0.15) is 0 Å². The lowest BCUT2D eigenvalue weighted by molar-refractivity contribution is 1.21. The van der Waals surface area contributed by atoms with Crippen LogP contribution in [-0.2, 0) is 0 Å². The maximum absolute atomic E-state index is 2.28. The van der Waals surface area contributed by atoms with Crippen molar-refractivity contribution in [3.8, 4) is 44.5 Å². The van der Waals surface area contributed by atoms with E-state index >= 15 is 0 Å². The third-order valence-electron chi connectivity index (χ3n) is 7.14. The molecule has 0 amide bonds. The molecule has 0 atom stereocenters. The third-order valence-corrected chi connectivity index (χ3v) is 7.14. The van der Waals surface area contributed by atoms with Crippen LogP contribution in [0.25, 0.3) is 44.5 Å². The van der Waals surface area contributed by atoms with Crippen LogP contribution in [0.3, 0.4) is 0 Å². The lowest BCUT2D eigenvalue weighted by atomic mass is 9.93. The zero-order valence-electron chi connectivity index (χ0n) is 21.5. The molecule has 0 heterocycles. The van der Waals surface area contributed by atoms with Gasteiger partial charge in [0.25, 0.3) is 0 Å². The van der Waals surface area contributed by atoms with Gasteiger partial charge in [-0.05, 0) is 57.1 Å². The van der Waals surface area contributed by atoms with Crippen molar-refractivity contribution < 1.29 is 0 Å². The van der Waals surface area contributed by atoms with Gasteiger partial charge in [0.2, 0.25) is 0 Å². The SMILES string of the molecule is CN(c1ccc(-c2ccccc2-c2ccccc2)cc1)c1ccccc1-c1ccccc1-c1ccccc1. The number of hydrogen-bond acceptors (Lipinski definition) is 1. The van der Waals surface area contributed by atoms with Crippen molar-refractivity contribution in [2.24, 2.45) is 0 Å². The molecule has 1 heteroatoms. The Morgan fingerprint density at radius 2 is 0.684 bits per heavy atom. The lowest BCUT2D eigenvalue weighted by Gasteiger charge is -2.24. The number of nitrogens with zero attached hydrogens (tertiary/aromatic N) is 1. The fourth-order valence-electron chi connectivity index (χ4n) is 5.19. The summed E-state index contributed by atoms with van der Waals surface area (Å²) in [5.74, 6) is 0. The van der Waals surface area contributed by atoms with Gasteiger partial charge in [-0.25, -0.2) is 0 Å². The van der Waals surface area contributed by atoms with Crippen molar-refractivity contribution in [3.63, 3.8) is 0 Å². The molecule has 0 saturated heterocycles. The van der Waals surface area contributed by atoms with Gasteiger partial charge in [0.05, 0.1) is 0 Å². The van der Waals surface area contributed by atoms with E-state index in [-0.39, 0.29) is 0 Å². The summed E-state index contributed by atoms with van der Waals surface area (Å²) in [4.78, 5) is 2.28. The molecule has 0 bridgehead atoms. The fraction of sp³-hybridized carbons (Fsp3) is 0.0270. The van der Waals surface area contributed by atoms with Gasteiger partial charge in [0.15, 0.2) is 0 Å². The van der Waals surface area contributed by atoms with Gasteiger partial charge in [-0.15, -0.1) is 0 Å². The van der Waals surface area contributed by atoms with E-state index in [1.807, 2.05) is 0 Å². The van der Waals surface area contributed by atoms with Crippen LogP contribution >= 0.6 is 0 Å². The zero-order valence-corrected chi connectivity index (χ0v) is 21.5. The van der Waals surface area contributed by atoms with Crippen LogP contribution in [0.4, 0.5) is 11.4 Å². The van der Waals surface area contributed by atoms with Crippen molar-refractivity contribution in [3.05, 3.63) is 158 Å². The highest BCUT2D eigenvalue weighted by atomic mass is 15.1. The molecule has 0 fully saturated rings. The second-order valence-corrected chi connectivity index (χ2v) is 9.45. The second kappa shape index (κ2) is 10.6. The Morgan fingerprint density at radius 1 is 0.316 bits per heavy atom. The topological polar surface area (TPSA) is 3.24 Å². The molecule has 6 aromatic rings. The molecule has 0 aromatic heterocycles. The van der Waals surface area contributed by atoms with Gasteiger partial charge < -0.3 is 4.90 Å². The van der Waals surface area contributed by atoms with Crippen LogP contribution < -0.4 is 4.90 Å². The molecule has 0 unspecified atom stereocenters. The fourth-order valence-corrected chi connectivity index (χ4v) is 5.19. The Balaban J connectivity index is 1.36. The molecule has 182 valence electrons. The van der Waals surface area contributed by atoms with Crippen molar-refractivity contribution in [2.45, 2.75) is 0 Å². The highest BCUT2D eigenvalue weighted by molar-refractivity contribution is 5.91. The summed E-state index contributed by atoms with van der Waals surface area (Å²) in [6, 6.07) is 56.1. The summed E-state index contributed by atoms with van der Waals surface area (Å²) in [5, 5.41) is 0. The van der Waals surface area contributed by atoms with E-state index in [0.717, 1.165) is 5.69 Å². The molecule has 1 nitrogen and oxygen atoms in total. The van der Waals surface area contributed by atoms with Gasteiger partial charge in [-0.1, -0.05) is 140 Å². The molecule has 0 spiro atoms. The maximum atomic E-state index is 2.28. The number of anilines is 2. The smallest absolute Gasteiger partial charge is 0.0487 e. The van der Waals surface area contributed by atoms with E-state index in [1.165, 1.54) is 50.2 Å². The molecule has 0 aliphatic rings. The lowest BCUT2D eigenvalue weighted by Crippen LogP contribution is -2.10. The molecule has 0 radical (unpaired) electrons. The average Bonchev–Trinajstić information content (AvgIpc) is 3.02. The minimum atomic E-state index is 1.15. The van der Waals surface area contributed by atoms with Crippen LogP contribution in [0, 0.1) is 0 Å². The number of para-hydroxylation sites is 1. The van der Waals surface area contributed by atoms with Gasteiger partial charge in [0, 0.05) is 24.0 Å². The predicted molar refractivity (Wildman–Crippen MR) is 163 cm³/mol. The summed E-state index contributed by atoms with van der Waals surface area (Å²) in [6.07, 6.45) is 0. The molecule has 0 N–H and O–H groups in total. The standard InChI is InChI=1S/C37H29N/c1-38(31-26-24-30(25-27-31)33-19-9-8-18-32(33)28-14-4-2-5-15-28)37-23-13-12-22-36(37)35-21-11-10-20-34(35)29-16-6-3-7-17-29/h2-27H,1H3. The minimum Gasteiger partial charge on any atom is -0.344 e. The van der Waals surface area contributed by atoms with Crippen molar-refractivity contribution in [1.29, 1.82) is 0 Å². The number of rotatable bonds is 6. The van der Waals surface area contributed by atoms with Gasteiger partial charge in [-0.3, -0.25) is 0 Å². The number of hydrogen-bond donors (Lipinski definition) is 0. The number of benzene rings is 6. The average molecular weight is 488 g/mol. The van der Waals surface area contributed by atoms with E-state index in [2.05, 4.69) is 170 Å². The Bertz CT molecular complexity index is 1650. The molecular weight excluding hydrogens is 458 g/mol. The normalized spacial score (nSPS) is 10.8. The first-order valence-electron chi connectivity index (χ1n) is 13.0. The molecular formula is C37H29N.